The maximum Gasteiger partial charge on any atom is 0.256 e. The van der Waals surface area contributed by atoms with Gasteiger partial charge in [-0.15, -0.1) is 0 Å². The Kier molecular flexibility index (Phi) is 4.56. The second kappa shape index (κ2) is 6.58. The molecule has 0 spiro atoms. The molecule has 3 rings (SSSR count). The number of carbonyl (C=O) groups is 1. The van der Waals surface area contributed by atoms with E-state index in [0.717, 1.165) is 31.5 Å². The lowest BCUT2D eigenvalue weighted by Crippen LogP contribution is -2.46. The molecule has 0 radical (unpaired) electrons. The molecule has 1 amide bonds. The van der Waals surface area contributed by atoms with E-state index in [2.05, 4.69) is 11.4 Å². The van der Waals surface area contributed by atoms with Crippen LogP contribution in [0.4, 0.5) is 0 Å². The van der Waals surface area contributed by atoms with E-state index in [0.29, 0.717) is 12.6 Å². The molecule has 21 heavy (non-hydrogen) atoms. The van der Waals surface area contributed by atoms with Crippen molar-refractivity contribution in [3.8, 4) is 0 Å². The van der Waals surface area contributed by atoms with Crippen LogP contribution in [0.1, 0.15) is 36.5 Å². The van der Waals surface area contributed by atoms with E-state index in [1.54, 1.807) is 0 Å². The first-order valence-corrected chi connectivity index (χ1v) is 7.93. The maximum atomic E-state index is 12.7. The monoisotopic (exact) mass is 288 g/mol. The van der Waals surface area contributed by atoms with Gasteiger partial charge in [-0.25, -0.2) is 0 Å². The molecule has 1 aromatic carbocycles. The van der Waals surface area contributed by atoms with Gasteiger partial charge in [-0.3, -0.25) is 4.79 Å². The average molecular weight is 288 g/mol. The zero-order valence-corrected chi connectivity index (χ0v) is 12.7. The Balaban J connectivity index is 1.67. The molecule has 2 heterocycles. The highest BCUT2D eigenvalue weighted by molar-refractivity contribution is 5.82. The zero-order valence-electron chi connectivity index (χ0n) is 12.7. The normalized spacial score (nSPS) is 25.2. The van der Waals surface area contributed by atoms with E-state index in [1.165, 1.54) is 18.4 Å². The minimum absolute atomic E-state index is 0.0783. The van der Waals surface area contributed by atoms with E-state index >= 15 is 0 Å². The predicted molar refractivity (Wildman–Crippen MR) is 82.1 cm³/mol. The van der Waals surface area contributed by atoms with Gasteiger partial charge in [0.05, 0.1) is 6.61 Å². The summed E-state index contributed by atoms with van der Waals surface area (Å²) in [6.07, 6.45) is 4.12. The van der Waals surface area contributed by atoms with Crippen LogP contribution in [-0.4, -0.2) is 43.6 Å². The van der Waals surface area contributed by atoms with Crippen molar-refractivity contribution < 1.29 is 9.53 Å². The lowest BCUT2D eigenvalue weighted by atomic mass is 9.96. The van der Waals surface area contributed by atoms with Gasteiger partial charge in [0, 0.05) is 19.6 Å². The van der Waals surface area contributed by atoms with Crippen molar-refractivity contribution in [2.45, 2.75) is 37.8 Å². The third-order valence-electron chi connectivity index (χ3n) is 4.50. The molecule has 2 atom stereocenters. The van der Waals surface area contributed by atoms with Crippen LogP contribution >= 0.6 is 0 Å². The summed E-state index contributed by atoms with van der Waals surface area (Å²) in [5, 5.41) is 3.49. The second-order valence-corrected chi connectivity index (χ2v) is 6.07. The summed E-state index contributed by atoms with van der Waals surface area (Å²) in [6.45, 7) is 2.46. The summed E-state index contributed by atoms with van der Waals surface area (Å²) in [6, 6.07) is 8.55. The Morgan fingerprint density at radius 3 is 3.05 bits per heavy atom. The Morgan fingerprint density at radius 2 is 2.24 bits per heavy atom. The quantitative estimate of drug-likeness (QED) is 0.923. The van der Waals surface area contributed by atoms with Crippen molar-refractivity contribution in [1.82, 2.24) is 10.2 Å². The van der Waals surface area contributed by atoms with Crippen LogP contribution < -0.4 is 5.32 Å². The number of hydrogen-bond acceptors (Lipinski definition) is 3. The van der Waals surface area contributed by atoms with Gasteiger partial charge in [0.15, 0.2) is 6.10 Å². The number of hydrogen-bond donors (Lipinski definition) is 1. The van der Waals surface area contributed by atoms with Crippen LogP contribution in [-0.2, 0) is 16.0 Å². The lowest BCUT2D eigenvalue weighted by molar-refractivity contribution is -0.144. The number of carbonyl (C=O) groups excluding carboxylic acids is 1. The molecule has 1 fully saturated rings. The van der Waals surface area contributed by atoms with Crippen LogP contribution in [0.5, 0.6) is 0 Å². The minimum atomic E-state index is -0.427. The van der Waals surface area contributed by atoms with Gasteiger partial charge in [-0.05, 0) is 36.9 Å². The van der Waals surface area contributed by atoms with Crippen LogP contribution in [0.3, 0.4) is 0 Å². The molecule has 4 heteroatoms. The van der Waals surface area contributed by atoms with E-state index in [1.807, 2.05) is 30.1 Å². The molecular weight excluding hydrogens is 264 g/mol. The number of likely N-dealkylation sites (N-methyl/N-ethyl adjacent to an activating group) is 1. The summed E-state index contributed by atoms with van der Waals surface area (Å²) in [7, 11) is 1.89. The van der Waals surface area contributed by atoms with Crippen molar-refractivity contribution in [1.29, 1.82) is 0 Å². The lowest BCUT2D eigenvalue weighted by Gasteiger charge is -2.32. The molecule has 2 aliphatic heterocycles. The number of benzene rings is 1. The molecule has 1 N–H and O–H groups in total. The molecule has 0 bridgehead atoms. The summed E-state index contributed by atoms with van der Waals surface area (Å²) in [5.74, 6) is 0.0783. The molecule has 0 aromatic heterocycles. The topological polar surface area (TPSA) is 41.6 Å². The second-order valence-electron chi connectivity index (χ2n) is 6.07. The molecule has 0 saturated carbocycles. The Labute approximate surface area is 126 Å². The first-order chi connectivity index (χ1) is 10.3. The van der Waals surface area contributed by atoms with Crippen molar-refractivity contribution in [2.24, 2.45) is 0 Å². The summed E-state index contributed by atoms with van der Waals surface area (Å²) < 4.78 is 5.76. The Morgan fingerprint density at radius 1 is 1.38 bits per heavy atom. The van der Waals surface area contributed by atoms with Gasteiger partial charge in [0.1, 0.15) is 0 Å². The van der Waals surface area contributed by atoms with E-state index in [-0.39, 0.29) is 5.91 Å². The number of fused-ring (bicyclic) bond motifs is 1. The van der Waals surface area contributed by atoms with Gasteiger partial charge in [-0.2, -0.15) is 0 Å². The first-order valence-electron chi connectivity index (χ1n) is 7.93. The Bertz CT molecular complexity index is 497. The molecule has 4 nitrogen and oxygen atoms in total. The van der Waals surface area contributed by atoms with Gasteiger partial charge in [0.2, 0.25) is 0 Å². The van der Waals surface area contributed by atoms with Gasteiger partial charge >= 0.3 is 0 Å². The number of rotatable bonds is 3. The number of nitrogens with zero attached hydrogens (tertiary/aromatic N) is 1. The fraction of sp³-hybridized carbons (Fsp3) is 0.588. The number of nitrogens with one attached hydrogen (secondary N) is 1. The summed E-state index contributed by atoms with van der Waals surface area (Å²) >= 11 is 0. The third-order valence-corrected chi connectivity index (χ3v) is 4.50. The molecule has 114 valence electrons. The summed E-state index contributed by atoms with van der Waals surface area (Å²) in [4.78, 5) is 14.5. The van der Waals surface area contributed by atoms with Crippen LogP contribution in [0.2, 0.25) is 0 Å². The molecule has 1 aromatic rings. The molecule has 1 saturated heterocycles. The zero-order chi connectivity index (χ0) is 14.7. The highest BCUT2D eigenvalue weighted by Gasteiger charge is 2.30. The number of piperidine rings is 1. The number of ether oxygens (including phenoxy) is 1. The van der Waals surface area contributed by atoms with Crippen molar-refractivity contribution >= 4 is 5.91 Å². The minimum Gasteiger partial charge on any atom is -0.363 e. The fourth-order valence-electron chi connectivity index (χ4n) is 3.30. The van der Waals surface area contributed by atoms with E-state index < -0.39 is 6.10 Å². The van der Waals surface area contributed by atoms with Gasteiger partial charge < -0.3 is 15.0 Å². The van der Waals surface area contributed by atoms with Crippen LogP contribution in [0.15, 0.2) is 24.3 Å². The van der Waals surface area contributed by atoms with Crippen LogP contribution in [0.25, 0.3) is 0 Å². The Hall–Kier alpha value is -1.39. The molecule has 2 unspecified atom stereocenters. The van der Waals surface area contributed by atoms with Gasteiger partial charge in [-0.1, -0.05) is 30.7 Å². The number of amides is 1. The molecular formula is C17H24N2O2. The van der Waals surface area contributed by atoms with Crippen LogP contribution in [0, 0.1) is 0 Å². The predicted octanol–water partition coefficient (Wildman–Crippen LogP) is 1.90. The highest BCUT2D eigenvalue weighted by atomic mass is 16.5. The van der Waals surface area contributed by atoms with Crippen molar-refractivity contribution in [3.05, 3.63) is 35.4 Å². The van der Waals surface area contributed by atoms with Crippen molar-refractivity contribution in [3.63, 3.8) is 0 Å². The van der Waals surface area contributed by atoms with Gasteiger partial charge in [0.25, 0.3) is 5.91 Å². The third kappa shape index (κ3) is 3.27. The molecule has 2 aliphatic rings. The largest absolute Gasteiger partial charge is 0.363 e. The fourth-order valence-corrected chi connectivity index (χ4v) is 3.30. The average Bonchev–Trinajstić information content (AvgIpc) is 2.54. The van der Waals surface area contributed by atoms with E-state index in [4.69, 9.17) is 4.74 Å². The summed E-state index contributed by atoms with van der Waals surface area (Å²) in [5.41, 5.74) is 2.28. The highest BCUT2D eigenvalue weighted by Crippen LogP contribution is 2.28. The maximum absolute atomic E-state index is 12.7. The SMILES string of the molecule is CN(CC1CCCCN1)C(=O)C1OCCc2ccccc21. The van der Waals surface area contributed by atoms with Crippen molar-refractivity contribution in [2.75, 3.05) is 26.7 Å². The van der Waals surface area contributed by atoms with E-state index in [9.17, 15) is 4.79 Å². The smallest absolute Gasteiger partial charge is 0.256 e. The first kappa shape index (κ1) is 14.5. The standard InChI is InChI=1S/C17H24N2O2/c1-19(12-14-7-4-5-10-18-14)17(20)16-15-8-3-2-6-13(15)9-11-21-16/h2-3,6,8,14,16,18H,4-5,7,9-12H2,1H3. The molecule has 0 aliphatic carbocycles.